The molecule has 0 saturated heterocycles. The van der Waals surface area contributed by atoms with E-state index in [1.54, 1.807) is 13.2 Å². The second-order valence-electron chi connectivity index (χ2n) is 3.93. The molecule has 1 N–H and O–H groups in total. The van der Waals surface area contributed by atoms with E-state index in [1.165, 1.54) is 0 Å². The summed E-state index contributed by atoms with van der Waals surface area (Å²) < 4.78 is 5.11. The summed E-state index contributed by atoms with van der Waals surface area (Å²) in [7, 11) is 1.64. The molecule has 0 fully saturated rings. The Morgan fingerprint density at radius 1 is 1.06 bits per heavy atom. The Hall–Kier alpha value is -1.38. The van der Waals surface area contributed by atoms with Gasteiger partial charge in [0.05, 0.1) is 17.8 Å². The Bertz CT molecular complexity index is 529. The standard InChI is InChI=1S/C14H13Cl2NO/c1-9-7-10(15)8-13(16)14(9)17-11-3-5-12(18-2)6-4-11/h3-8,17H,1-2H3. The normalized spacial score (nSPS) is 10.2. The minimum absolute atomic E-state index is 0.607. The fourth-order valence-electron chi connectivity index (χ4n) is 1.68. The van der Waals surface area contributed by atoms with Gasteiger partial charge >= 0.3 is 0 Å². The molecule has 94 valence electrons. The van der Waals surface area contributed by atoms with Crippen molar-refractivity contribution in [1.29, 1.82) is 0 Å². The van der Waals surface area contributed by atoms with Crippen molar-refractivity contribution in [2.75, 3.05) is 12.4 Å². The minimum atomic E-state index is 0.607. The summed E-state index contributed by atoms with van der Waals surface area (Å²) in [5, 5.41) is 4.52. The smallest absolute Gasteiger partial charge is 0.119 e. The first kappa shape index (κ1) is 13.1. The monoisotopic (exact) mass is 281 g/mol. The van der Waals surface area contributed by atoms with Gasteiger partial charge in [0.25, 0.3) is 0 Å². The van der Waals surface area contributed by atoms with Crippen LogP contribution in [0.5, 0.6) is 5.75 Å². The summed E-state index contributed by atoms with van der Waals surface area (Å²) in [6.45, 7) is 1.96. The number of nitrogens with one attached hydrogen (secondary N) is 1. The largest absolute Gasteiger partial charge is 0.497 e. The van der Waals surface area contributed by atoms with Gasteiger partial charge in [-0.15, -0.1) is 0 Å². The predicted octanol–water partition coefficient (Wildman–Crippen LogP) is 5.05. The summed E-state index contributed by atoms with van der Waals surface area (Å²) in [6.07, 6.45) is 0. The lowest BCUT2D eigenvalue weighted by atomic mass is 10.2. The van der Waals surface area contributed by atoms with Gasteiger partial charge in [0.2, 0.25) is 0 Å². The van der Waals surface area contributed by atoms with E-state index in [0.717, 1.165) is 22.7 Å². The van der Waals surface area contributed by atoms with Gasteiger partial charge in [0, 0.05) is 10.7 Å². The number of methoxy groups -OCH3 is 1. The first-order valence-corrected chi connectivity index (χ1v) is 6.22. The van der Waals surface area contributed by atoms with Gasteiger partial charge < -0.3 is 10.1 Å². The van der Waals surface area contributed by atoms with E-state index in [9.17, 15) is 0 Å². The zero-order valence-corrected chi connectivity index (χ0v) is 11.6. The minimum Gasteiger partial charge on any atom is -0.497 e. The lowest BCUT2D eigenvalue weighted by Crippen LogP contribution is -1.94. The number of anilines is 2. The quantitative estimate of drug-likeness (QED) is 0.850. The molecule has 0 radical (unpaired) electrons. The summed E-state index contributed by atoms with van der Waals surface area (Å²) in [5.74, 6) is 0.819. The van der Waals surface area contributed by atoms with Crippen LogP contribution in [-0.4, -0.2) is 7.11 Å². The van der Waals surface area contributed by atoms with Crippen molar-refractivity contribution >= 4 is 34.6 Å². The maximum atomic E-state index is 6.17. The van der Waals surface area contributed by atoms with Gasteiger partial charge in [0.1, 0.15) is 5.75 Å². The molecule has 0 atom stereocenters. The number of rotatable bonds is 3. The molecule has 0 aliphatic carbocycles. The highest BCUT2D eigenvalue weighted by Crippen LogP contribution is 2.32. The maximum absolute atomic E-state index is 6.17. The van der Waals surface area contributed by atoms with Crippen LogP contribution in [0.25, 0.3) is 0 Å². The number of halogens is 2. The fourth-order valence-corrected chi connectivity index (χ4v) is 2.32. The van der Waals surface area contributed by atoms with Gasteiger partial charge in [0.15, 0.2) is 0 Å². The van der Waals surface area contributed by atoms with Gasteiger partial charge in [-0.05, 0) is 48.9 Å². The predicted molar refractivity (Wildman–Crippen MR) is 77.5 cm³/mol. The van der Waals surface area contributed by atoms with Crippen molar-refractivity contribution < 1.29 is 4.74 Å². The van der Waals surface area contributed by atoms with Crippen LogP contribution < -0.4 is 10.1 Å². The van der Waals surface area contributed by atoms with Gasteiger partial charge in [-0.3, -0.25) is 0 Å². The van der Waals surface area contributed by atoms with E-state index in [-0.39, 0.29) is 0 Å². The van der Waals surface area contributed by atoms with E-state index < -0.39 is 0 Å². The van der Waals surface area contributed by atoms with Crippen LogP contribution >= 0.6 is 23.2 Å². The van der Waals surface area contributed by atoms with Crippen LogP contribution in [0, 0.1) is 6.92 Å². The van der Waals surface area contributed by atoms with E-state index in [0.29, 0.717) is 10.0 Å². The number of ether oxygens (including phenoxy) is 1. The topological polar surface area (TPSA) is 21.3 Å². The third-order valence-corrected chi connectivity index (χ3v) is 3.13. The number of benzene rings is 2. The first-order valence-electron chi connectivity index (χ1n) is 5.47. The molecule has 0 aliphatic heterocycles. The van der Waals surface area contributed by atoms with Gasteiger partial charge in [-0.25, -0.2) is 0 Å². The molecule has 2 aromatic carbocycles. The molecule has 0 aromatic heterocycles. The zero-order chi connectivity index (χ0) is 13.1. The number of hydrogen-bond acceptors (Lipinski definition) is 2. The number of aryl methyl sites for hydroxylation is 1. The van der Waals surface area contributed by atoms with Gasteiger partial charge in [-0.1, -0.05) is 23.2 Å². The summed E-state index contributed by atoms with van der Waals surface area (Å²) >= 11 is 12.1. The lowest BCUT2D eigenvalue weighted by Gasteiger charge is -2.12. The molecule has 2 rings (SSSR count). The van der Waals surface area contributed by atoms with E-state index in [4.69, 9.17) is 27.9 Å². The van der Waals surface area contributed by atoms with Crippen LogP contribution in [0.15, 0.2) is 36.4 Å². The molecule has 0 amide bonds. The Labute approximate surface area is 116 Å². The second-order valence-corrected chi connectivity index (χ2v) is 4.78. The van der Waals surface area contributed by atoms with E-state index in [2.05, 4.69) is 5.32 Å². The van der Waals surface area contributed by atoms with Gasteiger partial charge in [-0.2, -0.15) is 0 Å². The Morgan fingerprint density at radius 2 is 1.72 bits per heavy atom. The van der Waals surface area contributed by atoms with Crippen molar-refractivity contribution in [2.24, 2.45) is 0 Å². The molecular formula is C14H13Cl2NO. The van der Waals surface area contributed by atoms with Crippen LogP contribution in [0.1, 0.15) is 5.56 Å². The van der Waals surface area contributed by atoms with Crippen molar-refractivity contribution in [3.8, 4) is 5.75 Å². The molecule has 0 saturated carbocycles. The average molecular weight is 282 g/mol. The van der Waals surface area contributed by atoms with Crippen LogP contribution in [-0.2, 0) is 0 Å². The SMILES string of the molecule is COc1ccc(Nc2c(C)cc(Cl)cc2Cl)cc1. The molecule has 0 aliphatic rings. The molecule has 18 heavy (non-hydrogen) atoms. The molecule has 0 bridgehead atoms. The van der Waals surface area contributed by atoms with Crippen molar-refractivity contribution in [1.82, 2.24) is 0 Å². The lowest BCUT2D eigenvalue weighted by molar-refractivity contribution is 0.415. The molecule has 0 heterocycles. The average Bonchev–Trinajstić information content (AvgIpc) is 2.34. The first-order chi connectivity index (χ1) is 8.60. The summed E-state index contributed by atoms with van der Waals surface area (Å²) in [4.78, 5) is 0. The fraction of sp³-hybridized carbons (Fsp3) is 0.143. The molecule has 4 heteroatoms. The molecule has 0 spiro atoms. The Morgan fingerprint density at radius 3 is 2.28 bits per heavy atom. The third-order valence-electron chi connectivity index (χ3n) is 2.61. The molecule has 2 nitrogen and oxygen atoms in total. The number of hydrogen-bond donors (Lipinski definition) is 1. The van der Waals surface area contributed by atoms with Crippen LogP contribution in [0.2, 0.25) is 10.0 Å². The highest BCUT2D eigenvalue weighted by Gasteiger charge is 2.06. The second kappa shape index (κ2) is 5.51. The molecular weight excluding hydrogens is 269 g/mol. The summed E-state index contributed by atoms with van der Waals surface area (Å²) in [6, 6.07) is 11.2. The van der Waals surface area contributed by atoms with Crippen LogP contribution in [0.4, 0.5) is 11.4 Å². The van der Waals surface area contributed by atoms with Crippen LogP contribution in [0.3, 0.4) is 0 Å². The molecule has 0 unspecified atom stereocenters. The summed E-state index contributed by atoms with van der Waals surface area (Å²) in [5.41, 5.74) is 2.82. The third kappa shape index (κ3) is 2.89. The van der Waals surface area contributed by atoms with E-state index in [1.807, 2.05) is 37.3 Å². The zero-order valence-electron chi connectivity index (χ0n) is 10.1. The van der Waals surface area contributed by atoms with E-state index >= 15 is 0 Å². The maximum Gasteiger partial charge on any atom is 0.119 e. The molecule has 2 aromatic rings. The Balaban J connectivity index is 2.28. The van der Waals surface area contributed by atoms with Crippen molar-refractivity contribution in [3.05, 3.63) is 52.0 Å². The Kier molecular flexibility index (Phi) is 4.00. The van der Waals surface area contributed by atoms with Crippen molar-refractivity contribution in [2.45, 2.75) is 6.92 Å². The van der Waals surface area contributed by atoms with Crippen molar-refractivity contribution in [3.63, 3.8) is 0 Å². The highest BCUT2D eigenvalue weighted by atomic mass is 35.5. The highest BCUT2D eigenvalue weighted by molar-refractivity contribution is 6.36.